The number of likely N-dealkylation sites (N-methyl/N-ethyl adjacent to an activating group) is 2. The molecule has 0 amide bonds. The highest BCUT2D eigenvalue weighted by molar-refractivity contribution is 5.81. The molecule has 0 radical (unpaired) electrons. The van der Waals surface area contributed by atoms with Crippen molar-refractivity contribution in [1.82, 2.24) is 15.1 Å². The monoisotopic (exact) mass is 472 g/mol. The van der Waals surface area contributed by atoms with Crippen LogP contribution in [0, 0.1) is 11.8 Å². The minimum absolute atomic E-state index is 0.127. The number of aliphatic carboxylic acids is 1. The van der Waals surface area contributed by atoms with Crippen molar-refractivity contribution in [3.8, 4) is 0 Å². The fraction of sp³-hybridized carbons (Fsp3) is 0.630. The normalized spacial score (nSPS) is 23.1. The van der Waals surface area contributed by atoms with Crippen molar-refractivity contribution in [3.63, 3.8) is 0 Å². The minimum atomic E-state index is -0.812. The van der Waals surface area contributed by atoms with E-state index in [-0.39, 0.29) is 18.7 Å². The van der Waals surface area contributed by atoms with E-state index in [4.69, 9.17) is 5.11 Å². The number of carboxylic acids is 1. The fourth-order valence-corrected chi connectivity index (χ4v) is 4.46. The fourth-order valence-electron chi connectivity index (χ4n) is 4.46. The van der Waals surface area contributed by atoms with Gasteiger partial charge in [0.15, 0.2) is 0 Å². The van der Waals surface area contributed by atoms with Gasteiger partial charge in [0, 0.05) is 50.5 Å². The van der Waals surface area contributed by atoms with Gasteiger partial charge >= 0.3 is 5.97 Å². The van der Waals surface area contributed by atoms with Gasteiger partial charge in [0.2, 0.25) is 0 Å². The third-order valence-corrected chi connectivity index (χ3v) is 6.92. The van der Waals surface area contributed by atoms with Crippen molar-refractivity contribution in [3.05, 3.63) is 48.5 Å². The van der Waals surface area contributed by atoms with Gasteiger partial charge in [-0.15, -0.1) is 0 Å². The molecule has 7 heteroatoms. The first-order chi connectivity index (χ1) is 16.3. The molecule has 1 aliphatic carbocycles. The average Bonchev–Trinajstić information content (AvgIpc) is 2.84. The lowest BCUT2D eigenvalue weighted by molar-refractivity contribution is -0.140. The van der Waals surface area contributed by atoms with Gasteiger partial charge in [-0.1, -0.05) is 37.6 Å². The first-order valence-corrected chi connectivity index (χ1v) is 12.6. The van der Waals surface area contributed by atoms with Gasteiger partial charge in [-0.05, 0) is 57.6 Å². The van der Waals surface area contributed by atoms with Gasteiger partial charge in [0.05, 0.1) is 18.6 Å². The van der Waals surface area contributed by atoms with E-state index in [0.717, 1.165) is 31.5 Å². The Morgan fingerprint density at radius 3 is 2.88 bits per heavy atom. The van der Waals surface area contributed by atoms with Gasteiger partial charge in [0.25, 0.3) is 0 Å². The van der Waals surface area contributed by atoms with Crippen LogP contribution in [-0.4, -0.2) is 78.1 Å². The Morgan fingerprint density at radius 2 is 2.15 bits per heavy atom. The number of nitrogens with zero attached hydrogens (tertiary/aromatic N) is 3. The number of aliphatic hydroxyl groups excluding tert-OH is 1. The number of unbranched alkanes of at least 4 members (excludes halogenated alkanes) is 2. The molecular weight excluding hydrogens is 428 g/mol. The smallest absolute Gasteiger partial charge is 0.312 e. The predicted octanol–water partition coefficient (Wildman–Crippen LogP) is 3.80. The van der Waals surface area contributed by atoms with Crippen molar-refractivity contribution >= 4 is 12.2 Å². The summed E-state index contributed by atoms with van der Waals surface area (Å²) >= 11 is 0. The Balaban J connectivity index is 1.71. The summed E-state index contributed by atoms with van der Waals surface area (Å²) in [6.45, 7) is 7.81. The van der Waals surface area contributed by atoms with Crippen LogP contribution in [0.2, 0.25) is 0 Å². The molecule has 0 saturated heterocycles. The number of aliphatic imine (C=N–C) groups is 1. The van der Waals surface area contributed by atoms with Crippen molar-refractivity contribution < 1.29 is 15.0 Å². The van der Waals surface area contributed by atoms with E-state index in [2.05, 4.69) is 47.9 Å². The van der Waals surface area contributed by atoms with Gasteiger partial charge in [-0.2, -0.15) is 0 Å². The molecule has 0 aromatic carbocycles. The van der Waals surface area contributed by atoms with Gasteiger partial charge in [-0.25, -0.2) is 0 Å². The molecule has 0 saturated carbocycles. The van der Waals surface area contributed by atoms with Crippen LogP contribution in [0.1, 0.15) is 51.9 Å². The molecule has 4 unspecified atom stereocenters. The van der Waals surface area contributed by atoms with E-state index in [0.29, 0.717) is 12.5 Å². The van der Waals surface area contributed by atoms with Gasteiger partial charge in [-0.3, -0.25) is 9.79 Å². The Morgan fingerprint density at radius 1 is 1.35 bits per heavy atom. The highest BCUT2D eigenvalue weighted by atomic mass is 16.4. The van der Waals surface area contributed by atoms with E-state index < -0.39 is 11.9 Å². The number of carboxylic acid groups (broad SMARTS) is 1. The van der Waals surface area contributed by atoms with Crippen LogP contribution >= 0.6 is 0 Å². The largest absolute Gasteiger partial charge is 0.481 e. The van der Waals surface area contributed by atoms with Gasteiger partial charge in [0.1, 0.15) is 0 Å². The van der Waals surface area contributed by atoms with E-state index >= 15 is 0 Å². The van der Waals surface area contributed by atoms with Crippen LogP contribution in [-0.2, 0) is 4.79 Å². The second-order valence-corrected chi connectivity index (χ2v) is 9.49. The summed E-state index contributed by atoms with van der Waals surface area (Å²) in [5, 5.41) is 21.7. The quantitative estimate of drug-likeness (QED) is 0.248. The summed E-state index contributed by atoms with van der Waals surface area (Å²) < 4.78 is 0. The predicted molar refractivity (Wildman–Crippen MR) is 140 cm³/mol. The molecule has 2 rings (SSSR count). The zero-order valence-electron chi connectivity index (χ0n) is 21.2. The van der Waals surface area contributed by atoms with Crippen molar-refractivity contribution in [2.75, 3.05) is 33.8 Å². The topological polar surface area (TPSA) is 88.4 Å². The van der Waals surface area contributed by atoms with E-state index in [9.17, 15) is 9.90 Å². The molecule has 190 valence electrons. The maximum absolute atomic E-state index is 11.3. The molecule has 7 nitrogen and oxygen atoms in total. The van der Waals surface area contributed by atoms with Crippen molar-refractivity contribution in [1.29, 1.82) is 0 Å². The second kappa shape index (κ2) is 14.8. The van der Waals surface area contributed by atoms with Crippen LogP contribution in [0.5, 0.6) is 0 Å². The lowest BCUT2D eigenvalue weighted by Crippen LogP contribution is -2.41. The van der Waals surface area contributed by atoms with Crippen LogP contribution < -0.4 is 5.32 Å². The molecule has 3 N–H and O–H groups in total. The lowest BCUT2D eigenvalue weighted by Gasteiger charge is -2.32. The average molecular weight is 473 g/mol. The highest BCUT2D eigenvalue weighted by Gasteiger charge is 2.25. The third-order valence-electron chi connectivity index (χ3n) is 6.92. The van der Waals surface area contributed by atoms with Gasteiger partial charge < -0.3 is 25.3 Å². The van der Waals surface area contributed by atoms with Crippen LogP contribution in [0.25, 0.3) is 0 Å². The molecule has 0 bridgehead atoms. The van der Waals surface area contributed by atoms with Crippen molar-refractivity contribution in [2.45, 2.75) is 64.0 Å². The maximum atomic E-state index is 11.3. The highest BCUT2D eigenvalue weighted by Crippen LogP contribution is 2.29. The number of carbonyl (C=O) groups is 1. The molecule has 0 fully saturated rings. The second-order valence-electron chi connectivity index (χ2n) is 9.49. The molecule has 34 heavy (non-hydrogen) atoms. The summed E-state index contributed by atoms with van der Waals surface area (Å²) in [6, 6.07) is 0.0632. The molecule has 2 aliphatic rings. The van der Waals surface area contributed by atoms with Crippen LogP contribution in [0.3, 0.4) is 0 Å². The molecule has 0 aromatic rings. The summed E-state index contributed by atoms with van der Waals surface area (Å²) in [5.74, 6) is -0.710. The zero-order valence-corrected chi connectivity index (χ0v) is 21.2. The molecule has 0 aromatic heterocycles. The van der Waals surface area contributed by atoms with E-state index in [1.54, 1.807) is 18.5 Å². The number of hydrogen-bond acceptors (Lipinski definition) is 6. The van der Waals surface area contributed by atoms with Crippen molar-refractivity contribution in [2.24, 2.45) is 16.8 Å². The molecule has 4 atom stereocenters. The SMILES string of the molecule is C=C(/C=C\C(C)N(C)C1=CC(CCCCCNC2C=NC=CC2C(=O)O)CCC1)N(C)CCO. The standard InChI is InChI=1S/C27H44N4O3/c1-21(30(3)17-18-32)12-13-22(2)31(4)24-11-8-10-23(19-24)9-6-5-7-15-29-26-20-28-16-14-25(26)27(33)34/h12-14,16,19-20,22-23,25-26,29,32H,1,5-11,15,17-18H2,2-4H3,(H,33,34)/b13-12-. The Kier molecular flexibility index (Phi) is 12.1. The molecule has 1 heterocycles. The number of rotatable bonds is 15. The summed E-state index contributed by atoms with van der Waals surface area (Å²) in [4.78, 5) is 19.7. The maximum Gasteiger partial charge on any atom is 0.312 e. The molecule has 0 spiro atoms. The van der Waals surface area contributed by atoms with E-state index in [1.807, 2.05) is 18.0 Å². The lowest BCUT2D eigenvalue weighted by atomic mass is 9.88. The summed E-state index contributed by atoms with van der Waals surface area (Å²) in [5.41, 5.74) is 2.33. The zero-order chi connectivity index (χ0) is 24.9. The van der Waals surface area contributed by atoms with Crippen LogP contribution in [0.4, 0.5) is 0 Å². The number of nitrogens with one attached hydrogen (secondary N) is 1. The first kappa shape index (κ1) is 27.9. The Bertz CT molecular complexity index is 774. The molecular formula is C27H44N4O3. The van der Waals surface area contributed by atoms with E-state index in [1.165, 1.54) is 31.4 Å². The Hall–Kier alpha value is -2.38. The number of aliphatic hydroxyl groups is 1. The Labute approximate surface area is 205 Å². The third kappa shape index (κ3) is 9.11. The summed E-state index contributed by atoms with van der Waals surface area (Å²) in [7, 11) is 4.11. The first-order valence-electron chi connectivity index (χ1n) is 12.6. The summed E-state index contributed by atoms with van der Waals surface area (Å²) in [6.07, 6.45) is 19.8. The van der Waals surface area contributed by atoms with Crippen LogP contribution in [0.15, 0.2) is 53.5 Å². The number of hydrogen-bond donors (Lipinski definition) is 3. The minimum Gasteiger partial charge on any atom is -0.481 e. The molecule has 1 aliphatic heterocycles. The number of allylic oxidation sites excluding steroid dienone is 3.